The summed E-state index contributed by atoms with van der Waals surface area (Å²) in [5.41, 5.74) is 4.05. The van der Waals surface area contributed by atoms with Gasteiger partial charge < -0.3 is 10.6 Å². The fraction of sp³-hybridized carbons (Fsp3) is 0.118. The molecular weight excluding hydrogens is 310 g/mol. The third-order valence-corrected chi connectivity index (χ3v) is 3.65. The summed E-state index contributed by atoms with van der Waals surface area (Å²) in [5.74, 6) is 0.995. The number of benzene rings is 2. The van der Waals surface area contributed by atoms with Crippen LogP contribution in [0.15, 0.2) is 48.7 Å². The quantitative estimate of drug-likeness (QED) is 0.732. The van der Waals surface area contributed by atoms with Gasteiger partial charge in [0.05, 0.1) is 16.9 Å². The second-order valence-corrected chi connectivity index (χ2v) is 5.62. The van der Waals surface area contributed by atoms with Gasteiger partial charge in [-0.3, -0.25) is 0 Å². The monoisotopic (exact) mass is 325 g/mol. The molecule has 3 rings (SSSR count). The molecule has 0 saturated heterocycles. The minimum absolute atomic E-state index is 0.425. The van der Waals surface area contributed by atoms with Crippen molar-refractivity contribution in [3.8, 4) is 0 Å². The molecule has 0 radical (unpaired) electrons. The zero-order valence-electron chi connectivity index (χ0n) is 12.8. The molecule has 23 heavy (non-hydrogen) atoms. The Morgan fingerprint density at radius 3 is 2.57 bits per heavy atom. The lowest BCUT2D eigenvalue weighted by Gasteiger charge is -2.10. The van der Waals surface area contributed by atoms with Crippen molar-refractivity contribution in [2.45, 2.75) is 13.8 Å². The van der Waals surface area contributed by atoms with Crippen LogP contribution in [-0.4, -0.2) is 15.2 Å². The molecule has 0 saturated carbocycles. The van der Waals surface area contributed by atoms with Crippen molar-refractivity contribution in [1.29, 1.82) is 0 Å². The van der Waals surface area contributed by atoms with Crippen molar-refractivity contribution in [1.82, 2.24) is 15.2 Å². The third-order valence-electron chi connectivity index (χ3n) is 3.32. The molecule has 0 spiro atoms. The number of aromatic nitrogens is 3. The third kappa shape index (κ3) is 3.76. The van der Waals surface area contributed by atoms with Gasteiger partial charge in [0.1, 0.15) is 0 Å². The van der Waals surface area contributed by atoms with E-state index >= 15 is 0 Å². The first-order valence-corrected chi connectivity index (χ1v) is 7.55. The first kappa shape index (κ1) is 15.2. The lowest BCUT2D eigenvalue weighted by molar-refractivity contribution is 0.981. The molecule has 2 N–H and O–H groups in total. The number of hydrogen-bond acceptors (Lipinski definition) is 5. The number of hydrogen-bond donors (Lipinski definition) is 2. The minimum atomic E-state index is 0.425. The van der Waals surface area contributed by atoms with Crippen molar-refractivity contribution in [3.63, 3.8) is 0 Å². The molecule has 0 fully saturated rings. The molecule has 116 valence electrons. The Morgan fingerprint density at radius 2 is 1.78 bits per heavy atom. The van der Waals surface area contributed by atoms with Gasteiger partial charge in [-0.25, -0.2) is 0 Å². The fourth-order valence-corrected chi connectivity index (χ4v) is 2.37. The maximum atomic E-state index is 6.14. The maximum Gasteiger partial charge on any atom is 0.249 e. The number of rotatable bonds is 4. The van der Waals surface area contributed by atoms with Crippen LogP contribution in [0.4, 0.5) is 23.1 Å². The van der Waals surface area contributed by atoms with E-state index in [1.54, 1.807) is 6.20 Å². The van der Waals surface area contributed by atoms with Crippen LogP contribution in [0.25, 0.3) is 0 Å². The van der Waals surface area contributed by atoms with Gasteiger partial charge >= 0.3 is 0 Å². The number of anilines is 4. The number of nitrogens with zero attached hydrogens (tertiary/aromatic N) is 3. The lowest BCUT2D eigenvalue weighted by atomic mass is 10.1. The predicted molar refractivity (Wildman–Crippen MR) is 93.8 cm³/mol. The highest BCUT2D eigenvalue weighted by atomic mass is 35.5. The standard InChI is InChI=1S/C17H16ClN5/c1-11-7-8-14(12(2)9-11)21-17-22-16(10-19-23-17)20-15-6-4-3-5-13(15)18/h3-10H,1-2H3,(H2,20,21,22,23). The van der Waals surface area contributed by atoms with Crippen molar-refractivity contribution in [2.75, 3.05) is 10.6 Å². The molecule has 0 bridgehead atoms. The van der Waals surface area contributed by atoms with E-state index < -0.39 is 0 Å². The Labute approximate surface area is 139 Å². The molecule has 5 nitrogen and oxygen atoms in total. The highest BCUT2D eigenvalue weighted by Gasteiger charge is 2.05. The second-order valence-electron chi connectivity index (χ2n) is 5.21. The normalized spacial score (nSPS) is 10.4. The summed E-state index contributed by atoms with van der Waals surface area (Å²) < 4.78 is 0. The van der Waals surface area contributed by atoms with E-state index in [0.717, 1.165) is 16.9 Å². The molecule has 0 amide bonds. The van der Waals surface area contributed by atoms with Crippen molar-refractivity contribution >= 4 is 34.7 Å². The molecule has 0 aliphatic rings. The minimum Gasteiger partial charge on any atom is -0.338 e. The van der Waals surface area contributed by atoms with Gasteiger partial charge in [-0.2, -0.15) is 10.1 Å². The van der Waals surface area contributed by atoms with Crippen LogP contribution in [0.1, 0.15) is 11.1 Å². The van der Waals surface area contributed by atoms with Crippen LogP contribution < -0.4 is 10.6 Å². The molecule has 0 atom stereocenters. The molecule has 0 unspecified atom stereocenters. The summed E-state index contributed by atoms with van der Waals surface area (Å²) in [6.07, 6.45) is 1.55. The maximum absolute atomic E-state index is 6.14. The summed E-state index contributed by atoms with van der Waals surface area (Å²) in [4.78, 5) is 4.41. The highest BCUT2D eigenvalue weighted by molar-refractivity contribution is 6.33. The van der Waals surface area contributed by atoms with Crippen molar-refractivity contribution < 1.29 is 0 Å². The summed E-state index contributed by atoms with van der Waals surface area (Å²) in [6, 6.07) is 13.6. The van der Waals surface area contributed by atoms with Crippen LogP contribution in [0.5, 0.6) is 0 Å². The molecule has 1 aromatic heterocycles. The zero-order valence-corrected chi connectivity index (χ0v) is 13.6. The van der Waals surface area contributed by atoms with Crippen molar-refractivity contribution in [2.24, 2.45) is 0 Å². The number of halogens is 1. The molecule has 1 heterocycles. The van der Waals surface area contributed by atoms with Gasteiger partial charge in [0.15, 0.2) is 5.82 Å². The van der Waals surface area contributed by atoms with Crippen molar-refractivity contribution in [3.05, 3.63) is 64.8 Å². The summed E-state index contributed by atoms with van der Waals surface area (Å²) >= 11 is 6.14. The van der Waals surface area contributed by atoms with Crippen LogP contribution in [0.3, 0.4) is 0 Å². The number of para-hydroxylation sites is 1. The van der Waals surface area contributed by atoms with Crippen LogP contribution >= 0.6 is 11.6 Å². The van der Waals surface area contributed by atoms with Gasteiger partial charge in [-0.05, 0) is 37.6 Å². The van der Waals surface area contributed by atoms with E-state index in [0.29, 0.717) is 16.8 Å². The van der Waals surface area contributed by atoms with E-state index in [2.05, 4.69) is 38.8 Å². The molecule has 3 aromatic rings. The molecular formula is C17H16ClN5. The molecule has 0 aliphatic carbocycles. The summed E-state index contributed by atoms with van der Waals surface area (Å²) in [7, 11) is 0. The lowest BCUT2D eigenvalue weighted by Crippen LogP contribution is -2.03. The molecule has 0 aliphatic heterocycles. The molecule has 6 heteroatoms. The highest BCUT2D eigenvalue weighted by Crippen LogP contribution is 2.24. The predicted octanol–water partition coefficient (Wildman–Crippen LogP) is 4.63. The van der Waals surface area contributed by atoms with E-state index in [1.807, 2.05) is 43.3 Å². The van der Waals surface area contributed by atoms with Crippen LogP contribution in [0.2, 0.25) is 5.02 Å². The second kappa shape index (κ2) is 6.62. The Hall–Kier alpha value is -2.66. The van der Waals surface area contributed by atoms with Gasteiger partial charge in [0.25, 0.3) is 0 Å². The largest absolute Gasteiger partial charge is 0.338 e. The van der Waals surface area contributed by atoms with E-state index in [-0.39, 0.29) is 0 Å². The van der Waals surface area contributed by atoms with E-state index in [9.17, 15) is 0 Å². The molecule has 2 aromatic carbocycles. The van der Waals surface area contributed by atoms with Crippen LogP contribution in [0, 0.1) is 13.8 Å². The zero-order chi connectivity index (χ0) is 16.2. The topological polar surface area (TPSA) is 62.7 Å². The van der Waals surface area contributed by atoms with Gasteiger partial charge in [0.2, 0.25) is 5.95 Å². The SMILES string of the molecule is Cc1ccc(Nc2nncc(Nc3ccccc3Cl)n2)c(C)c1. The first-order valence-electron chi connectivity index (χ1n) is 7.17. The fourth-order valence-electron chi connectivity index (χ4n) is 2.19. The van der Waals surface area contributed by atoms with Gasteiger partial charge in [0, 0.05) is 5.69 Å². The smallest absolute Gasteiger partial charge is 0.249 e. The number of nitrogens with one attached hydrogen (secondary N) is 2. The number of aryl methyl sites for hydroxylation is 2. The van der Waals surface area contributed by atoms with E-state index in [4.69, 9.17) is 11.6 Å². The summed E-state index contributed by atoms with van der Waals surface area (Å²) in [5, 5.41) is 14.9. The Bertz CT molecular complexity index is 835. The average Bonchev–Trinajstić information content (AvgIpc) is 2.53. The van der Waals surface area contributed by atoms with Crippen LogP contribution in [-0.2, 0) is 0 Å². The average molecular weight is 326 g/mol. The Balaban J connectivity index is 1.81. The Morgan fingerprint density at radius 1 is 0.957 bits per heavy atom. The first-order chi connectivity index (χ1) is 11.1. The summed E-state index contributed by atoms with van der Waals surface area (Å²) in [6.45, 7) is 4.09. The van der Waals surface area contributed by atoms with E-state index in [1.165, 1.54) is 5.56 Å². The Kier molecular flexibility index (Phi) is 4.39. The van der Waals surface area contributed by atoms with Gasteiger partial charge in [-0.1, -0.05) is 41.4 Å². The van der Waals surface area contributed by atoms with Gasteiger partial charge in [-0.15, -0.1) is 5.10 Å².